The molecule has 0 aromatic heterocycles. The van der Waals surface area contributed by atoms with Crippen LogP contribution in [0.25, 0.3) is 0 Å². The molecule has 6 nitrogen and oxygen atoms in total. The van der Waals surface area contributed by atoms with Crippen molar-refractivity contribution >= 4 is 23.4 Å². The highest BCUT2D eigenvalue weighted by Gasteiger charge is 2.04. The Labute approximate surface area is 114 Å². The highest BCUT2D eigenvalue weighted by atomic mass is 16.6. The summed E-state index contributed by atoms with van der Waals surface area (Å²) in [4.78, 5) is 21.1. The van der Waals surface area contributed by atoms with Gasteiger partial charge in [-0.25, -0.2) is 0 Å². The first kappa shape index (κ1) is 13.4. The van der Waals surface area contributed by atoms with Gasteiger partial charge < -0.3 is 0 Å². The number of benzene rings is 2. The van der Waals surface area contributed by atoms with Gasteiger partial charge in [0.15, 0.2) is 6.29 Å². The zero-order valence-corrected chi connectivity index (χ0v) is 10.4. The molecule has 6 heteroatoms. The van der Waals surface area contributed by atoms with E-state index in [1.54, 1.807) is 24.3 Å². The second-order valence-electron chi connectivity index (χ2n) is 3.90. The van der Waals surface area contributed by atoms with Gasteiger partial charge in [0.05, 0.1) is 10.6 Å². The predicted molar refractivity (Wildman–Crippen MR) is 75.8 cm³/mol. The summed E-state index contributed by atoms with van der Waals surface area (Å²) in [5.74, 6) is 0. The van der Waals surface area contributed by atoms with Crippen LogP contribution in [0.1, 0.15) is 5.56 Å². The molecule has 0 unspecified atom stereocenters. The van der Waals surface area contributed by atoms with Gasteiger partial charge in [-0.1, -0.05) is 30.3 Å². The monoisotopic (exact) mass is 269 g/mol. The highest BCUT2D eigenvalue weighted by Crippen LogP contribution is 2.15. The Hall–Kier alpha value is -3.02. The molecule has 0 amide bonds. The van der Waals surface area contributed by atoms with Gasteiger partial charge in [0, 0.05) is 17.7 Å². The first-order chi connectivity index (χ1) is 9.70. The lowest BCUT2D eigenvalue weighted by atomic mass is 10.1. The van der Waals surface area contributed by atoms with Gasteiger partial charge in [-0.15, -0.1) is 0 Å². The fourth-order valence-electron chi connectivity index (χ4n) is 1.55. The van der Waals surface area contributed by atoms with Crippen LogP contribution < -0.4 is 5.43 Å². The fourth-order valence-corrected chi connectivity index (χ4v) is 1.55. The highest BCUT2D eigenvalue weighted by molar-refractivity contribution is 6.36. The van der Waals surface area contributed by atoms with E-state index in [2.05, 4.69) is 10.5 Å². The van der Waals surface area contributed by atoms with Crippen LogP contribution in [0.15, 0.2) is 59.7 Å². The van der Waals surface area contributed by atoms with E-state index in [1.807, 2.05) is 6.07 Å². The Morgan fingerprint density at radius 2 is 1.75 bits per heavy atom. The number of nitro groups is 1. The summed E-state index contributed by atoms with van der Waals surface area (Å²) in [6, 6.07) is 14.8. The van der Waals surface area contributed by atoms with Crippen LogP contribution in [0, 0.1) is 10.1 Å². The van der Waals surface area contributed by atoms with E-state index in [9.17, 15) is 14.9 Å². The zero-order valence-electron chi connectivity index (χ0n) is 10.4. The van der Waals surface area contributed by atoms with Crippen molar-refractivity contribution in [3.63, 3.8) is 0 Å². The van der Waals surface area contributed by atoms with Crippen LogP contribution in [-0.2, 0) is 4.79 Å². The molecule has 0 bridgehead atoms. The van der Waals surface area contributed by atoms with Gasteiger partial charge >= 0.3 is 0 Å². The molecular formula is C14H11N3O3. The van der Waals surface area contributed by atoms with Gasteiger partial charge in [-0.2, -0.15) is 5.10 Å². The van der Waals surface area contributed by atoms with Crippen LogP contribution in [0.2, 0.25) is 0 Å². The summed E-state index contributed by atoms with van der Waals surface area (Å²) >= 11 is 0. The molecular weight excluding hydrogens is 258 g/mol. The Morgan fingerprint density at radius 3 is 2.30 bits per heavy atom. The van der Waals surface area contributed by atoms with Crippen molar-refractivity contribution in [1.29, 1.82) is 0 Å². The number of carbonyl (C=O) groups excluding carboxylic acids is 1. The van der Waals surface area contributed by atoms with E-state index in [4.69, 9.17) is 0 Å². The first-order valence-electron chi connectivity index (χ1n) is 5.79. The van der Waals surface area contributed by atoms with E-state index in [0.717, 1.165) is 0 Å². The van der Waals surface area contributed by atoms with Crippen molar-refractivity contribution in [2.45, 2.75) is 0 Å². The molecule has 1 N–H and O–H groups in total. The molecule has 0 saturated carbocycles. The van der Waals surface area contributed by atoms with Gasteiger partial charge in [0.25, 0.3) is 5.69 Å². The quantitative estimate of drug-likeness (QED) is 0.391. The van der Waals surface area contributed by atoms with Crippen LogP contribution in [0.3, 0.4) is 0 Å². The minimum atomic E-state index is -0.478. The number of non-ortho nitro benzene ring substituents is 1. The van der Waals surface area contributed by atoms with Crippen LogP contribution >= 0.6 is 0 Å². The number of nitrogens with one attached hydrogen (secondary N) is 1. The number of hydrazone groups is 1. The molecule has 2 aromatic rings. The molecule has 0 spiro atoms. The van der Waals surface area contributed by atoms with Gasteiger partial charge in [0.2, 0.25) is 0 Å². The summed E-state index contributed by atoms with van der Waals surface area (Å²) in [7, 11) is 0. The summed E-state index contributed by atoms with van der Waals surface area (Å²) in [6.07, 6.45) is 0.647. The number of aldehydes is 1. The topological polar surface area (TPSA) is 84.6 Å². The Balaban J connectivity index is 2.15. The van der Waals surface area contributed by atoms with E-state index in [1.165, 1.54) is 24.3 Å². The molecule has 20 heavy (non-hydrogen) atoms. The third kappa shape index (κ3) is 3.26. The lowest BCUT2D eigenvalue weighted by Gasteiger charge is -2.02. The van der Waals surface area contributed by atoms with Crippen molar-refractivity contribution in [3.05, 3.63) is 70.3 Å². The SMILES string of the molecule is O=C/C(=N/Nc1ccc([N+](=O)[O-])cc1)c1ccccc1. The average Bonchev–Trinajstić information content (AvgIpc) is 2.49. The fraction of sp³-hybridized carbons (Fsp3) is 0. The van der Waals surface area contributed by atoms with Crippen LogP contribution in [0.4, 0.5) is 11.4 Å². The minimum Gasteiger partial charge on any atom is -0.296 e. The molecule has 0 heterocycles. The van der Waals surface area contributed by atoms with Gasteiger partial charge in [0.1, 0.15) is 5.71 Å². The molecule has 0 saturated heterocycles. The lowest BCUT2D eigenvalue weighted by Crippen LogP contribution is -2.05. The van der Waals surface area contributed by atoms with Crippen molar-refractivity contribution in [2.75, 3.05) is 5.43 Å². The van der Waals surface area contributed by atoms with Crippen molar-refractivity contribution in [3.8, 4) is 0 Å². The molecule has 0 fully saturated rings. The number of hydrogen-bond acceptors (Lipinski definition) is 5. The second-order valence-corrected chi connectivity index (χ2v) is 3.90. The molecule has 0 aliphatic carbocycles. The summed E-state index contributed by atoms with van der Waals surface area (Å²) in [5.41, 5.74) is 4.20. The molecule has 2 rings (SSSR count). The van der Waals surface area contributed by atoms with Crippen LogP contribution in [0.5, 0.6) is 0 Å². The molecule has 0 radical (unpaired) electrons. The number of nitro benzene ring substituents is 1. The average molecular weight is 269 g/mol. The number of rotatable bonds is 5. The molecule has 0 atom stereocenters. The van der Waals surface area contributed by atoms with Crippen LogP contribution in [-0.4, -0.2) is 16.9 Å². The van der Waals surface area contributed by atoms with Gasteiger partial charge in [-0.3, -0.25) is 20.3 Å². The Morgan fingerprint density at radius 1 is 1.10 bits per heavy atom. The van der Waals surface area contributed by atoms with Crippen molar-refractivity contribution < 1.29 is 9.72 Å². The normalized spacial score (nSPS) is 10.9. The standard InChI is InChI=1S/C14H11N3O3/c18-10-14(11-4-2-1-3-5-11)16-15-12-6-8-13(9-7-12)17(19)20/h1-10,15H/b16-14-. The third-order valence-corrected chi connectivity index (χ3v) is 2.56. The Kier molecular flexibility index (Phi) is 4.18. The van der Waals surface area contributed by atoms with E-state index >= 15 is 0 Å². The maximum Gasteiger partial charge on any atom is 0.269 e. The van der Waals surface area contributed by atoms with Crippen molar-refractivity contribution in [2.24, 2.45) is 5.10 Å². The maximum atomic E-state index is 11.0. The summed E-state index contributed by atoms with van der Waals surface area (Å²) < 4.78 is 0. The lowest BCUT2D eigenvalue weighted by molar-refractivity contribution is -0.384. The minimum absolute atomic E-state index is 0.00167. The Bertz CT molecular complexity index is 636. The zero-order chi connectivity index (χ0) is 14.4. The van der Waals surface area contributed by atoms with Crippen molar-refractivity contribution in [1.82, 2.24) is 0 Å². The van der Waals surface area contributed by atoms with Gasteiger partial charge in [-0.05, 0) is 12.1 Å². The van der Waals surface area contributed by atoms with E-state index < -0.39 is 4.92 Å². The largest absolute Gasteiger partial charge is 0.296 e. The summed E-state index contributed by atoms with van der Waals surface area (Å²) in [5, 5.41) is 14.5. The number of carbonyl (C=O) groups is 1. The number of anilines is 1. The first-order valence-corrected chi connectivity index (χ1v) is 5.79. The molecule has 100 valence electrons. The predicted octanol–water partition coefficient (Wildman–Crippen LogP) is 2.61. The smallest absolute Gasteiger partial charge is 0.269 e. The van der Waals surface area contributed by atoms with E-state index in [0.29, 0.717) is 17.5 Å². The molecule has 0 aliphatic heterocycles. The molecule has 2 aromatic carbocycles. The third-order valence-electron chi connectivity index (χ3n) is 2.56. The number of nitrogens with zero attached hydrogens (tertiary/aromatic N) is 2. The molecule has 0 aliphatic rings. The maximum absolute atomic E-state index is 11.0. The van der Waals surface area contributed by atoms with E-state index in [-0.39, 0.29) is 11.4 Å². The second kappa shape index (κ2) is 6.24. The summed E-state index contributed by atoms with van der Waals surface area (Å²) in [6.45, 7) is 0. The number of hydrogen-bond donors (Lipinski definition) is 1.